The predicted molar refractivity (Wildman–Crippen MR) is 70.2 cm³/mol. The highest BCUT2D eigenvalue weighted by Crippen LogP contribution is 2.58. The number of fused-ring (bicyclic) bond motifs is 3. The topological polar surface area (TPSA) is 28.1 Å². The van der Waals surface area contributed by atoms with Gasteiger partial charge in [-0.25, -0.2) is 6.57 Å². The van der Waals surface area contributed by atoms with Crippen molar-refractivity contribution >= 4 is 0 Å². The van der Waals surface area contributed by atoms with E-state index in [1.165, 1.54) is 25.7 Å². The molecule has 8 unspecified atom stereocenters. The van der Waals surface area contributed by atoms with Crippen LogP contribution in [0, 0.1) is 59.3 Å². The van der Waals surface area contributed by atoms with Crippen LogP contribution < -0.4 is 0 Å². The van der Waals surface area contributed by atoms with Crippen LogP contribution in [0.25, 0.3) is 4.85 Å². The zero-order valence-electron chi connectivity index (χ0n) is 11.3. The Bertz CT molecular complexity index is 376. The van der Waals surface area contributed by atoms with E-state index in [0.29, 0.717) is 11.8 Å². The third kappa shape index (κ3) is 1.58. The van der Waals surface area contributed by atoms with Gasteiger partial charge in [-0.15, -0.1) is 0 Å². The molecule has 2 heteroatoms. The normalized spacial score (nSPS) is 54.2. The van der Waals surface area contributed by atoms with Crippen molar-refractivity contribution in [2.75, 3.05) is 0 Å². The SMILES string of the molecule is [C-]#[N+]C1C(C#N)C2CC(C)CC2C2CC(C)CC21. The summed E-state index contributed by atoms with van der Waals surface area (Å²) in [5.41, 5.74) is 0. The molecule has 0 radical (unpaired) electrons. The van der Waals surface area contributed by atoms with E-state index in [4.69, 9.17) is 6.57 Å². The van der Waals surface area contributed by atoms with Gasteiger partial charge >= 0.3 is 0 Å². The molecule has 0 amide bonds. The van der Waals surface area contributed by atoms with Crippen molar-refractivity contribution in [3.8, 4) is 6.07 Å². The second-order valence-corrected chi connectivity index (χ2v) is 7.08. The number of nitriles is 1. The Hall–Kier alpha value is -1.02. The molecule has 2 nitrogen and oxygen atoms in total. The van der Waals surface area contributed by atoms with Crippen molar-refractivity contribution in [2.24, 2.45) is 41.4 Å². The van der Waals surface area contributed by atoms with Crippen LogP contribution in [0.4, 0.5) is 0 Å². The fraction of sp³-hybridized carbons (Fsp3) is 0.875. The Morgan fingerprint density at radius 3 is 2.00 bits per heavy atom. The van der Waals surface area contributed by atoms with Crippen LogP contribution in [0.1, 0.15) is 39.5 Å². The summed E-state index contributed by atoms with van der Waals surface area (Å²) in [6.45, 7) is 12.2. The molecule has 3 aliphatic carbocycles. The summed E-state index contributed by atoms with van der Waals surface area (Å²) in [7, 11) is 0. The average molecular weight is 242 g/mol. The van der Waals surface area contributed by atoms with Crippen LogP contribution >= 0.6 is 0 Å². The van der Waals surface area contributed by atoms with Crippen LogP contribution in [0.15, 0.2) is 0 Å². The molecule has 3 aliphatic rings. The van der Waals surface area contributed by atoms with Gasteiger partial charge in [0.1, 0.15) is 5.92 Å². The van der Waals surface area contributed by atoms with Crippen molar-refractivity contribution in [3.63, 3.8) is 0 Å². The largest absolute Gasteiger partial charge is 0.312 e. The third-order valence-corrected chi connectivity index (χ3v) is 5.91. The smallest absolute Gasteiger partial charge is 0.242 e. The average Bonchev–Trinajstić information content (AvgIpc) is 2.89. The van der Waals surface area contributed by atoms with Crippen molar-refractivity contribution in [3.05, 3.63) is 11.4 Å². The summed E-state index contributed by atoms with van der Waals surface area (Å²) >= 11 is 0. The minimum Gasteiger partial charge on any atom is -0.312 e. The molecule has 0 aromatic heterocycles. The first kappa shape index (κ1) is 12.0. The highest BCUT2D eigenvalue weighted by atomic mass is 14.8. The monoisotopic (exact) mass is 242 g/mol. The van der Waals surface area contributed by atoms with Crippen molar-refractivity contribution in [1.82, 2.24) is 0 Å². The van der Waals surface area contributed by atoms with Gasteiger partial charge < -0.3 is 4.85 Å². The summed E-state index contributed by atoms with van der Waals surface area (Å²) in [6.07, 6.45) is 4.99. The Kier molecular flexibility index (Phi) is 2.86. The first-order valence-electron chi connectivity index (χ1n) is 7.41. The molecule has 0 bridgehead atoms. The van der Waals surface area contributed by atoms with Crippen molar-refractivity contribution in [1.29, 1.82) is 5.26 Å². The van der Waals surface area contributed by atoms with Gasteiger partial charge in [0.2, 0.25) is 6.04 Å². The van der Waals surface area contributed by atoms with Crippen LogP contribution in [0.2, 0.25) is 0 Å². The summed E-state index contributed by atoms with van der Waals surface area (Å²) in [4.78, 5) is 3.89. The zero-order chi connectivity index (χ0) is 12.9. The number of hydrogen-bond acceptors (Lipinski definition) is 1. The summed E-state index contributed by atoms with van der Waals surface area (Å²) in [5.74, 6) is 4.08. The molecule has 0 heterocycles. The molecule has 0 N–H and O–H groups in total. The fourth-order valence-corrected chi connectivity index (χ4v) is 5.41. The maximum atomic E-state index is 9.52. The first-order chi connectivity index (χ1) is 8.65. The first-order valence-corrected chi connectivity index (χ1v) is 7.41. The van der Waals surface area contributed by atoms with Crippen molar-refractivity contribution < 1.29 is 0 Å². The van der Waals surface area contributed by atoms with Gasteiger partial charge in [0, 0.05) is 5.92 Å². The molecular formula is C16H22N2. The van der Waals surface area contributed by atoms with E-state index in [1.54, 1.807) is 0 Å². The van der Waals surface area contributed by atoms with E-state index in [2.05, 4.69) is 24.8 Å². The van der Waals surface area contributed by atoms with Gasteiger partial charge in [-0.3, -0.25) is 0 Å². The number of hydrogen-bond donors (Lipinski definition) is 0. The number of nitrogens with zero attached hydrogens (tertiary/aromatic N) is 2. The third-order valence-electron chi connectivity index (χ3n) is 5.91. The van der Waals surface area contributed by atoms with Gasteiger partial charge in [-0.05, 0) is 55.3 Å². The van der Waals surface area contributed by atoms with Crippen LogP contribution in [0.3, 0.4) is 0 Å². The van der Waals surface area contributed by atoms with Gasteiger partial charge in [-0.1, -0.05) is 13.8 Å². The fourth-order valence-electron chi connectivity index (χ4n) is 5.41. The lowest BCUT2D eigenvalue weighted by molar-refractivity contribution is 0.0941. The molecule has 3 fully saturated rings. The lowest BCUT2D eigenvalue weighted by Crippen LogP contribution is -2.43. The molecular weight excluding hydrogens is 220 g/mol. The molecule has 0 saturated heterocycles. The Morgan fingerprint density at radius 1 is 0.944 bits per heavy atom. The van der Waals surface area contributed by atoms with Crippen LogP contribution in [-0.4, -0.2) is 6.04 Å². The predicted octanol–water partition coefficient (Wildman–Crippen LogP) is 3.75. The molecule has 3 rings (SSSR count). The lowest BCUT2D eigenvalue weighted by Gasteiger charge is -2.39. The van der Waals surface area contributed by atoms with Gasteiger partial charge in [-0.2, -0.15) is 5.26 Å². The maximum Gasteiger partial charge on any atom is 0.242 e. The Balaban J connectivity index is 1.96. The Labute approximate surface area is 110 Å². The summed E-state index contributed by atoms with van der Waals surface area (Å²) in [5, 5.41) is 9.52. The standard InChI is InChI=1S/C16H22N2/c1-9-4-11-12-5-10(2)7-14(12)16(18-3)15(8-17)13(11)6-9/h9-16H,4-7H2,1-2H3. The Morgan fingerprint density at radius 2 is 1.44 bits per heavy atom. The van der Waals surface area contributed by atoms with Crippen molar-refractivity contribution in [2.45, 2.75) is 45.6 Å². The van der Waals surface area contributed by atoms with Gasteiger partial charge in [0.25, 0.3) is 0 Å². The number of rotatable bonds is 0. The van der Waals surface area contributed by atoms with E-state index >= 15 is 0 Å². The van der Waals surface area contributed by atoms with E-state index < -0.39 is 0 Å². The second kappa shape index (κ2) is 4.27. The molecule has 0 aliphatic heterocycles. The van der Waals surface area contributed by atoms with E-state index in [0.717, 1.165) is 23.7 Å². The molecule has 96 valence electrons. The van der Waals surface area contributed by atoms with Gasteiger partial charge in [0.05, 0.1) is 6.07 Å². The highest BCUT2D eigenvalue weighted by molar-refractivity contribution is 5.14. The lowest BCUT2D eigenvalue weighted by atomic mass is 9.62. The van der Waals surface area contributed by atoms with Gasteiger partial charge in [0.15, 0.2) is 0 Å². The second-order valence-electron chi connectivity index (χ2n) is 7.08. The molecule has 0 aromatic carbocycles. The zero-order valence-corrected chi connectivity index (χ0v) is 11.3. The maximum absolute atomic E-state index is 9.52. The summed E-state index contributed by atoms with van der Waals surface area (Å²) in [6, 6.07) is 2.51. The molecule has 0 aromatic rings. The van der Waals surface area contributed by atoms with E-state index in [-0.39, 0.29) is 12.0 Å². The van der Waals surface area contributed by atoms with E-state index in [1.807, 2.05) is 0 Å². The van der Waals surface area contributed by atoms with Crippen LogP contribution in [0.5, 0.6) is 0 Å². The summed E-state index contributed by atoms with van der Waals surface area (Å²) < 4.78 is 0. The van der Waals surface area contributed by atoms with Crippen LogP contribution in [-0.2, 0) is 0 Å². The molecule has 3 saturated carbocycles. The highest BCUT2D eigenvalue weighted by Gasteiger charge is 2.58. The molecule has 0 spiro atoms. The minimum absolute atomic E-state index is 0.00324. The molecule has 18 heavy (non-hydrogen) atoms. The molecule has 8 atom stereocenters. The minimum atomic E-state index is -0.00324. The quantitative estimate of drug-likeness (QED) is 0.594. The van der Waals surface area contributed by atoms with E-state index in [9.17, 15) is 5.26 Å².